The molecule has 0 aromatic carbocycles. The molecule has 36 nitrogen and oxygen atoms in total. The SMILES string of the molecule is C.C.C.C.C.C.C.C.C.C.C.C.C.C.C.C.C=C.C=C.C=C.C=C.C=C.C=C.O=C(O)CCOCCOCC(COCCOCCC(=O)O)OCC(COC(COCCOCCC(=O)O)COCCOCCC(=O)O)(COC(COCCOCCC(=O)O)COOC(=O)O)COC(COOC(=O)O)COOC(=O)O. The van der Waals surface area contributed by atoms with Crippen molar-refractivity contribution in [2.75, 3.05) is 178 Å². The predicted molar refractivity (Wildman–Crippen MR) is 431 cm³/mol. The Labute approximate surface area is 659 Å². The number of hydrogen-bond donors (Lipinski definition) is 8. The van der Waals surface area contributed by atoms with Crippen molar-refractivity contribution in [3.05, 3.63) is 78.9 Å². The van der Waals surface area contributed by atoms with Crippen molar-refractivity contribution in [2.24, 2.45) is 5.41 Å². The van der Waals surface area contributed by atoms with E-state index >= 15 is 0 Å². The zero-order chi connectivity index (χ0) is 72.2. The Morgan fingerprint density at radius 3 is 0.505 bits per heavy atom. The zero-order valence-electron chi connectivity index (χ0n) is 52.9. The largest absolute Gasteiger partial charge is 0.537 e. The van der Waals surface area contributed by atoms with Crippen molar-refractivity contribution < 1.29 is 175 Å². The van der Waals surface area contributed by atoms with Gasteiger partial charge in [0.15, 0.2) is 0 Å². The van der Waals surface area contributed by atoms with Gasteiger partial charge in [-0.05, 0) is 0 Å². The van der Waals surface area contributed by atoms with E-state index in [1.165, 1.54) is 0 Å². The lowest BCUT2D eigenvalue weighted by Crippen LogP contribution is -2.48. The molecule has 0 aliphatic heterocycles. The molecule has 36 heteroatoms. The number of rotatable bonds is 61. The summed E-state index contributed by atoms with van der Waals surface area (Å²) >= 11 is 0. The topological polar surface area (TPSA) is 483 Å². The fraction of sp³-hybridized carbons (Fsp3) is 0.726. The second-order valence-corrected chi connectivity index (χ2v) is 16.3. The maximum Gasteiger partial charge on any atom is 0.537 e. The highest BCUT2D eigenvalue weighted by Gasteiger charge is 2.37. The highest BCUT2D eigenvalue weighted by Crippen LogP contribution is 2.25. The van der Waals surface area contributed by atoms with Crippen LogP contribution in [0.2, 0.25) is 0 Å². The van der Waals surface area contributed by atoms with Crippen LogP contribution in [0.25, 0.3) is 0 Å². The Morgan fingerprint density at radius 1 is 0.220 bits per heavy atom. The van der Waals surface area contributed by atoms with Crippen LogP contribution in [0.5, 0.6) is 0 Å². The van der Waals surface area contributed by atoms with Gasteiger partial charge in [-0.2, -0.15) is 14.7 Å². The molecule has 0 aromatic rings. The first-order valence-corrected chi connectivity index (χ1v) is 27.7. The molecule has 672 valence electrons. The van der Waals surface area contributed by atoms with Gasteiger partial charge in [-0.3, -0.25) is 38.6 Å². The van der Waals surface area contributed by atoms with E-state index in [2.05, 4.69) is 93.6 Å². The summed E-state index contributed by atoms with van der Waals surface area (Å²) in [5.74, 6) is -5.47. The monoisotopic (exact) mass is 1620 g/mol. The summed E-state index contributed by atoms with van der Waals surface area (Å²) in [4.78, 5) is 115. The summed E-state index contributed by atoms with van der Waals surface area (Å²) in [5.41, 5.74) is -1.68. The van der Waals surface area contributed by atoms with Gasteiger partial charge in [0, 0.05) is 0 Å². The fourth-order valence-electron chi connectivity index (χ4n) is 5.46. The maximum atomic E-state index is 11.3. The molecule has 8 N–H and O–H groups in total. The quantitative estimate of drug-likeness (QED) is 0.0121. The third-order valence-electron chi connectivity index (χ3n) is 9.33. The fourth-order valence-corrected chi connectivity index (χ4v) is 5.46. The molecule has 0 fully saturated rings. The van der Waals surface area contributed by atoms with Crippen LogP contribution in [0.1, 0.15) is 151 Å². The van der Waals surface area contributed by atoms with Crippen molar-refractivity contribution in [1.82, 2.24) is 0 Å². The first-order chi connectivity index (χ1) is 44.8. The van der Waals surface area contributed by atoms with Gasteiger partial charge in [0.05, 0.1) is 196 Å². The minimum absolute atomic E-state index is 0. The molecule has 1 unspecified atom stereocenters. The molecule has 0 aliphatic rings. The van der Waals surface area contributed by atoms with Gasteiger partial charge in [-0.25, -0.2) is 14.4 Å². The third-order valence-corrected chi connectivity index (χ3v) is 9.33. The highest BCUT2D eigenvalue weighted by atomic mass is 17.2. The summed E-state index contributed by atoms with van der Waals surface area (Å²) < 4.78 is 80.5. The smallest absolute Gasteiger partial charge is 0.481 e. The second-order valence-electron chi connectivity index (χ2n) is 16.3. The van der Waals surface area contributed by atoms with Crippen molar-refractivity contribution in [3.8, 4) is 0 Å². The number of carboxylic acids is 5. The number of ether oxygens (including phenoxy) is 14. The lowest BCUT2D eigenvalue weighted by molar-refractivity contribution is -0.301. The molecule has 1 atom stereocenters. The van der Waals surface area contributed by atoms with E-state index in [0.717, 1.165) is 0 Å². The number of carboxylic acid groups (broad SMARTS) is 8. The molecule has 0 saturated heterocycles. The van der Waals surface area contributed by atoms with E-state index < -0.39 is 124 Å². The van der Waals surface area contributed by atoms with Gasteiger partial charge in [-0.15, -0.1) is 78.9 Å². The Morgan fingerprint density at radius 2 is 0.358 bits per heavy atom. The normalized spacial score (nSPS) is 9.13. The predicted octanol–water partition coefficient (Wildman–Crippen LogP) is 14.9. The van der Waals surface area contributed by atoms with Crippen LogP contribution in [-0.2, 0) is 120 Å². The van der Waals surface area contributed by atoms with Crippen molar-refractivity contribution in [3.63, 3.8) is 0 Å². The van der Waals surface area contributed by atoms with Crippen molar-refractivity contribution >= 4 is 48.3 Å². The van der Waals surface area contributed by atoms with Crippen LogP contribution in [0, 0.1) is 5.41 Å². The van der Waals surface area contributed by atoms with Crippen LogP contribution in [-0.4, -0.2) is 292 Å². The average molecular weight is 1620 g/mol. The minimum atomic E-state index is -1.88. The number of carbonyl (C=O) groups is 8. The molecule has 0 amide bonds. The van der Waals surface area contributed by atoms with Gasteiger partial charge in [0.1, 0.15) is 44.2 Å². The molecule has 0 rings (SSSR count). The maximum absolute atomic E-state index is 11.3. The van der Waals surface area contributed by atoms with E-state index in [4.69, 9.17) is 122 Å². The molecule has 0 heterocycles. The lowest BCUT2D eigenvalue weighted by atomic mass is 9.91. The Balaban J connectivity index is -0.000000119. The van der Waals surface area contributed by atoms with Gasteiger partial charge >= 0.3 is 48.3 Å². The Bertz CT molecular complexity index is 1630. The summed E-state index contributed by atoms with van der Waals surface area (Å²) in [6, 6.07) is 0. The van der Waals surface area contributed by atoms with Crippen molar-refractivity contribution in [1.29, 1.82) is 0 Å². The van der Waals surface area contributed by atoms with Crippen LogP contribution in [0.3, 0.4) is 0 Å². The number of hydrogen-bond acceptors (Lipinski definition) is 28. The second kappa shape index (κ2) is 133. The zero-order valence-corrected chi connectivity index (χ0v) is 52.9. The average Bonchev–Trinajstić information content (AvgIpc) is 0.847. The van der Waals surface area contributed by atoms with Crippen LogP contribution in [0.4, 0.5) is 14.4 Å². The third kappa shape index (κ3) is 137. The van der Waals surface area contributed by atoms with Crippen molar-refractivity contribution in [2.45, 2.75) is 175 Å². The van der Waals surface area contributed by atoms with E-state index in [1.807, 2.05) is 0 Å². The lowest BCUT2D eigenvalue weighted by Gasteiger charge is -2.37. The molecular weight excluding hydrogens is 1450 g/mol. The van der Waals surface area contributed by atoms with Crippen LogP contribution in [0.15, 0.2) is 78.9 Å². The van der Waals surface area contributed by atoms with Crippen LogP contribution >= 0.6 is 0 Å². The summed E-state index contributed by atoms with van der Waals surface area (Å²) in [7, 11) is 0. The summed E-state index contributed by atoms with van der Waals surface area (Å²) in [6.45, 7) is 29.1. The first kappa shape index (κ1) is 167. The Kier molecular flexibility index (Phi) is 204. The summed E-state index contributed by atoms with van der Waals surface area (Å²) in [5, 5.41) is 72.0. The molecule has 0 saturated carbocycles. The van der Waals surface area contributed by atoms with Gasteiger partial charge < -0.3 is 107 Å². The molecule has 0 spiro atoms. The molecule has 0 radical (unpaired) electrons. The van der Waals surface area contributed by atoms with E-state index in [1.54, 1.807) is 0 Å². The first-order valence-electron chi connectivity index (χ1n) is 27.7. The molecule has 0 aliphatic carbocycles. The molecule has 109 heavy (non-hydrogen) atoms. The minimum Gasteiger partial charge on any atom is -0.481 e. The summed E-state index contributed by atoms with van der Waals surface area (Å²) in [6.07, 6.45) is -11.7. The van der Waals surface area contributed by atoms with E-state index in [0.29, 0.717) is 0 Å². The van der Waals surface area contributed by atoms with Gasteiger partial charge in [0.25, 0.3) is 0 Å². The molecule has 0 aromatic heterocycles. The number of aliphatic carboxylic acids is 5. The van der Waals surface area contributed by atoms with Gasteiger partial charge in [-0.1, -0.05) is 119 Å². The van der Waals surface area contributed by atoms with Crippen LogP contribution < -0.4 is 0 Å². The van der Waals surface area contributed by atoms with E-state index in [9.17, 15) is 38.4 Å². The van der Waals surface area contributed by atoms with Gasteiger partial charge in [0.2, 0.25) is 0 Å². The standard InChI is InChI=1S/C45H76O36.6C2H4.16CH4/c46-37(47)1-6-62-11-16-67-21-33(22-68-17-12-63-7-2-38(48)49)72-29-45(32-75-36(27-77-80-43(58)59)28-78-81-44(60)61,31-74-35(26-76-79-42(56)57)25-71-20-15-66-10-5-41(54)55)30-73-34(23-69-18-13-64-8-3-39(50)51)24-70-19-14-65-9-4-40(52)53;6*1-2;;;;;;;;;;;;;;;;/h33-36H,1-32H2,(H,46,47)(H,48,49)(H,50,51)(H,52,53)(H,54,55)(H,56,57)(H,58,59)(H,60,61);6*1-2H2;16*1H4. The van der Waals surface area contributed by atoms with E-state index in [-0.39, 0.29) is 283 Å². The highest BCUT2D eigenvalue weighted by molar-refractivity contribution is 5.68. The Hall–Kier alpha value is -7.08. The molecule has 0 bridgehead atoms. The molecular formula is C73H164O36.